The Morgan fingerprint density at radius 1 is 1.11 bits per heavy atom. The second-order valence-electron chi connectivity index (χ2n) is 8.76. The van der Waals surface area contributed by atoms with E-state index in [2.05, 4.69) is 20.2 Å². The van der Waals surface area contributed by atoms with Crippen LogP contribution in [0.5, 0.6) is 0 Å². The fraction of sp³-hybridized carbons (Fsp3) is 0.250. The largest absolute Gasteiger partial charge is 0.351 e. The van der Waals surface area contributed by atoms with E-state index in [1.807, 2.05) is 69.3 Å². The number of aromatic nitrogens is 4. The highest BCUT2D eigenvalue weighted by Crippen LogP contribution is 2.36. The van der Waals surface area contributed by atoms with E-state index in [9.17, 15) is 9.18 Å². The maximum absolute atomic E-state index is 14.1. The van der Waals surface area contributed by atoms with Gasteiger partial charge in [0.1, 0.15) is 17.3 Å². The molecule has 8 heteroatoms. The van der Waals surface area contributed by atoms with Gasteiger partial charge >= 0.3 is 0 Å². The number of amides is 1. The van der Waals surface area contributed by atoms with Crippen molar-refractivity contribution in [2.75, 3.05) is 11.4 Å². The Bertz CT molecular complexity index is 1500. The smallest absolute Gasteiger partial charge is 0.268 e. The molecule has 0 saturated carbocycles. The summed E-state index contributed by atoms with van der Waals surface area (Å²) in [5.41, 5.74) is 4.00. The Hall–Kier alpha value is -4.20. The molecule has 1 unspecified atom stereocenters. The summed E-state index contributed by atoms with van der Waals surface area (Å²) < 4.78 is 15.9. The average Bonchev–Trinajstić information content (AvgIpc) is 3.62. The maximum atomic E-state index is 14.1. The summed E-state index contributed by atoms with van der Waals surface area (Å²) in [5, 5.41) is 8.94. The van der Waals surface area contributed by atoms with Gasteiger partial charge in [0.05, 0.1) is 17.9 Å². The summed E-state index contributed by atoms with van der Waals surface area (Å²) in [6.07, 6.45) is 2.42. The standard InChI is InChI=1S/C26H23FN6O.C2H6.2H2/c1-16-14-28-24-9-10-25(31-33(16)24)32-15-20(13-23(32)18-6-4-7-19(27)11-18)29-26(34)22-12-17-5-2-3-8-21(17)30-22;1-2;;/h2-12,14,20,23,30H,13,15H2,1H3,(H,29,34);1-2H3;2*1H/t20?,23-;;;/m1.../s1. The van der Waals surface area contributed by atoms with E-state index in [0.29, 0.717) is 18.7 Å². The molecule has 188 valence electrons. The Morgan fingerprint density at radius 3 is 2.75 bits per heavy atom. The number of aromatic amines is 1. The molecule has 0 aliphatic carbocycles. The molecule has 1 fully saturated rings. The first-order chi connectivity index (χ1) is 17.5. The molecule has 1 saturated heterocycles. The number of rotatable bonds is 4. The molecule has 1 aliphatic heterocycles. The number of fused-ring (bicyclic) bond motifs is 2. The topological polar surface area (TPSA) is 78.3 Å². The van der Waals surface area contributed by atoms with Crippen LogP contribution in [0.4, 0.5) is 10.2 Å². The predicted octanol–water partition coefficient (Wildman–Crippen LogP) is 5.93. The van der Waals surface area contributed by atoms with Crippen LogP contribution in [0, 0.1) is 12.7 Å². The number of aryl methyl sites for hydroxylation is 1. The van der Waals surface area contributed by atoms with Gasteiger partial charge in [0, 0.05) is 26.3 Å². The van der Waals surface area contributed by atoms with Crippen molar-refractivity contribution < 1.29 is 12.0 Å². The highest BCUT2D eigenvalue weighted by molar-refractivity contribution is 5.98. The van der Waals surface area contributed by atoms with E-state index in [0.717, 1.165) is 33.6 Å². The third-order valence-corrected chi connectivity index (χ3v) is 6.46. The summed E-state index contributed by atoms with van der Waals surface area (Å²) >= 11 is 0. The number of nitrogens with zero attached hydrogens (tertiary/aromatic N) is 4. The number of para-hydroxylation sites is 1. The Balaban J connectivity index is 0.000000978. The number of nitrogens with one attached hydrogen (secondary N) is 2. The molecule has 0 radical (unpaired) electrons. The molecular formula is C28H33FN6O. The van der Waals surface area contributed by atoms with Gasteiger partial charge in [-0.05, 0) is 55.3 Å². The first-order valence-electron chi connectivity index (χ1n) is 12.3. The maximum Gasteiger partial charge on any atom is 0.268 e. The molecule has 4 heterocycles. The van der Waals surface area contributed by atoms with Crippen LogP contribution in [-0.2, 0) is 0 Å². The van der Waals surface area contributed by atoms with Crippen LogP contribution in [0.1, 0.15) is 50.9 Å². The van der Waals surface area contributed by atoms with Gasteiger partial charge < -0.3 is 15.2 Å². The fourth-order valence-corrected chi connectivity index (χ4v) is 4.81. The normalized spacial score (nSPS) is 17.3. The van der Waals surface area contributed by atoms with Crippen molar-refractivity contribution in [3.05, 3.63) is 95.7 Å². The summed E-state index contributed by atoms with van der Waals surface area (Å²) in [6.45, 7) is 6.51. The SMILES string of the molecule is CC.Cc1cnc2ccc(N3CC(NC(=O)c4cc5ccccc5[nH]4)C[C@@H]3c3cccc(F)c3)nn12.[HH].[HH]. The minimum Gasteiger partial charge on any atom is -0.351 e. The van der Waals surface area contributed by atoms with Crippen molar-refractivity contribution >= 4 is 28.3 Å². The van der Waals surface area contributed by atoms with Gasteiger partial charge in [0.2, 0.25) is 0 Å². The molecule has 36 heavy (non-hydrogen) atoms. The number of anilines is 1. The highest BCUT2D eigenvalue weighted by atomic mass is 19.1. The lowest BCUT2D eigenvalue weighted by molar-refractivity contribution is 0.0935. The van der Waals surface area contributed by atoms with Gasteiger partial charge in [-0.15, -0.1) is 5.10 Å². The quantitative estimate of drug-likeness (QED) is 0.329. The number of carbonyl (C=O) groups is 1. The summed E-state index contributed by atoms with van der Waals surface area (Å²) in [4.78, 5) is 22.7. The van der Waals surface area contributed by atoms with Crippen molar-refractivity contribution in [3.63, 3.8) is 0 Å². The fourth-order valence-electron chi connectivity index (χ4n) is 4.81. The predicted molar refractivity (Wildman–Crippen MR) is 144 cm³/mol. The van der Waals surface area contributed by atoms with Gasteiger partial charge in [-0.25, -0.2) is 13.9 Å². The Kier molecular flexibility index (Phi) is 6.41. The van der Waals surface area contributed by atoms with E-state index in [1.54, 1.807) is 22.8 Å². The van der Waals surface area contributed by atoms with Crippen molar-refractivity contribution in [3.8, 4) is 0 Å². The molecule has 1 aliphatic rings. The molecule has 7 nitrogen and oxygen atoms in total. The summed E-state index contributed by atoms with van der Waals surface area (Å²) in [6, 6.07) is 19.9. The number of halogens is 1. The molecular weight excluding hydrogens is 455 g/mol. The second-order valence-corrected chi connectivity index (χ2v) is 8.76. The lowest BCUT2D eigenvalue weighted by Crippen LogP contribution is -2.37. The summed E-state index contributed by atoms with van der Waals surface area (Å²) in [7, 11) is 0. The van der Waals surface area contributed by atoms with Crippen LogP contribution in [0.2, 0.25) is 0 Å². The van der Waals surface area contributed by atoms with Crippen LogP contribution in [0.25, 0.3) is 16.6 Å². The second kappa shape index (κ2) is 9.81. The van der Waals surface area contributed by atoms with Gasteiger partial charge in [0.15, 0.2) is 5.65 Å². The molecule has 6 rings (SSSR count). The zero-order valence-electron chi connectivity index (χ0n) is 20.6. The van der Waals surface area contributed by atoms with Gasteiger partial charge in [-0.2, -0.15) is 0 Å². The van der Waals surface area contributed by atoms with Crippen LogP contribution in [0.15, 0.2) is 72.9 Å². The van der Waals surface area contributed by atoms with E-state index in [1.165, 1.54) is 6.07 Å². The van der Waals surface area contributed by atoms with Gasteiger partial charge in [0.25, 0.3) is 5.91 Å². The number of hydrogen-bond donors (Lipinski definition) is 2. The van der Waals surface area contributed by atoms with Crippen LogP contribution >= 0.6 is 0 Å². The van der Waals surface area contributed by atoms with Crippen molar-refractivity contribution in [2.45, 2.75) is 39.3 Å². The monoisotopic (exact) mass is 488 g/mol. The van der Waals surface area contributed by atoms with E-state index < -0.39 is 0 Å². The third-order valence-electron chi connectivity index (χ3n) is 6.46. The molecule has 3 aromatic heterocycles. The van der Waals surface area contributed by atoms with Crippen LogP contribution in [0.3, 0.4) is 0 Å². The lowest BCUT2D eigenvalue weighted by atomic mass is 10.0. The van der Waals surface area contributed by atoms with Crippen molar-refractivity contribution in [1.29, 1.82) is 0 Å². The number of hydrogen-bond acceptors (Lipinski definition) is 4. The number of carbonyl (C=O) groups excluding carboxylic acids is 1. The number of benzene rings is 2. The minimum atomic E-state index is -0.281. The van der Waals surface area contributed by atoms with Crippen molar-refractivity contribution in [2.24, 2.45) is 0 Å². The Labute approximate surface area is 211 Å². The highest BCUT2D eigenvalue weighted by Gasteiger charge is 2.35. The number of H-pyrrole nitrogens is 1. The third kappa shape index (κ3) is 4.42. The number of imidazole rings is 1. The molecule has 5 aromatic rings. The minimum absolute atomic E-state index is 0. The molecule has 0 bridgehead atoms. The first kappa shape index (κ1) is 23.5. The molecule has 1 amide bonds. The van der Waals surface area contributed by atoms with Gasteiger partial charge in [-0.1, -0.05) is 44.2 Å². The van der Waals surface area contributed by atoms with Crippen molar-refractivity contribution in [1.82, 2.24) is 24.9 Å². The molecule has 0 spiro atoms. The Morgan fingerprint density at radius 2 is 1.94 bits per heavy atom. The first-order valence-corrected chi connectivity index (χ1v) is 12.3. The molecule has 2 aromatic carbocycles. The van der Waals surface area contributed by atoms with Crippen LogP contribution < -0.4 is 10.2 Å². The lowest BCUT2D eigenvalue weighted by Gasteiger charge is -2.26. The van der Waals surface area contributed by atoms with E-state index in [4.69, 9.17) is 5.10 Å². The van der Waals surface area contributed by atoms with E-state index in [-0.39, 0.29) is 26.7 Å². The summed E-state index contributed by atoms with van der Waals surface area (Å²) in [5.74, 6) is 0.317. The molecule has 2 atom stereocenters. The molecule has 2 N–H and O–H groups in total. The van der Waals surface area contributed by atoms with Crippen LogP contribution in [-0.4, -0.2) is 38.1 Å². The van der Waals surface area contributed by atoms with E-state index >= 15 is 0 Å². The zero-order chi connectivity index (χ0) is 25.2. The average molecular weight is 489 g/mol. The van der Waals surface area contributed by atoms with Gasteiger partial charge in [-0.3, -0.25) is 4.79 Å². The zero-order valence-corrected chi connectivity index (χ0v) is 20.6.